The monoisotopic (exact) mass is 534 g/mol. The van der Waals surface area contributed by atoms with Gasteiger partial charge < -0.3 is 20.3 Å². The Bertz CT molecular complexity index is 1070. The summed E-state index contributed by atoms with van der Waals surface area (Å²) >= 11 is 0. The Morgan fingerprint density at radius 1 is 0.974 bits per heavy atom. The predicted octanol–water partition coefficient (Wildman–Crippen LogP) is 4.97. The molecular formula is C32H46N4O3. The fourth-order valence-electron chi connectivity index (χ4n) is 5.51. The van der Waals surface area contributed by atoms with E-state index in [1.54, 1.807) is 0 Å². The molecule has 2 aliphatic rings. The molecule has 2 aliphatic heterocycles. The second kappa shape index (κ2) is 13.9. The lowest BCUT2D eigenvalue weighted by atomic mass is 9.89. The summed E-state index contributed by atoms with van der Waals surface area (Å²) in [5.74, 6) is 0.538. The number of morpholine rings is 1. The lowest BCUT2D eigenvalue weighted by Gasteiger charge is -2.35. The molecule has 2 fully saturated rings. The smallest absolute Gasteiger partial charge is 0.253 e. The summed E-state index contributed by atoms with van der Waals surface area (Å²) in [5.41, 5.74) is 3.55. The molecule has 2 aromatic rings. The number of nitrogens with one attached hydrogen (secondary N) is 2. The normalized spacial score (nSPS) is 17.2. The number of hydrogen-bond acceptors (Lipinski definition) is 5. The van der Waals surface area contributed by atoms with E-state index in [0.29, 0.717) is 30.1 Å². The van der Waals surface area contributed by atoms with E-state index in [2.05, 4.69) is 50.8 Å². The summed E-state index contributed by atoms with van der Waals surface area (Å²) in [5, 5.41) is 6.15. The zero-order valence-corrected chi connectivity index (χ0v) is 24.0. The molecule has 2 N–H and O–H groups in total. The van der Waals surface area contributed by atoms with Crippen molar-refractivity contribution in [2.24, 2.45) is 11.3 Å². The Morgan fingerprint density at radius 2 is 1.69 bits per heavy atom. The zero-order chi connectivity index (χ0) is 27.7. The molecule has 0 saturated carbocycles. The summed E-state index contributed by atoms with van der Waals surface area (Å²) in [6.07, 6.45) is 4.61. The van der Waals surface area contributed by atoms with Gasteiger partial charge >= 0.3 is 0 Å². The van der Waals surface area contributed by atoms with Crippen molar-refractivity contribution in [3.05, 3.63) is 59.7 Å². The van der Waals surface area contributed by atoms with Gasteiger partial charge in [0.1, 0.15) is 0 Å². The molecule has 0 atom stereocenters. The van der Waals surface area contributed by atoms with Crippen molar-refractivity contribution in [3.8, 4) is 0 Å². The molecule has 0 radical (unpaired) electrons. The van der Waals surface area contributed by atoms with Crippen molar-refractivity contribution < 1.29 is 14.3 Å². The van der Waals surface area contributed by atoms with E-state index in [-0.39, 0.29) is 17.2 Å². The van der Waals surface area contributed by atoms with Crippen LogP contribution in [0.2, 0.25) is 0 Å². The summed E-state index contributed by atoms with van der Waals surface area (Å²) in [4.78, 5) is 30.8. The number of piperidine rings is 1. The van der Waals surface area contributed by atoms with E-state index < -0.39 is 0 Å². The van der Waals surface area contributed by atoms with Crippen LogP contribution in [-0.2, 0) is 16.0 Å². The largest absolute Gasteiger partial charge is 0.379 e. The van der Waals surface area contributed by atoms with Crippen molar-refractivity contribution in [1.82, 2.24) is 10.2 Å². The van der Waals surface area contributed by atoms with Gasteiger partial charge in [0.2, 0.25) is 5.91 Å². The minimum atomic E-state index is -0.102. The minimum absolute atomic E-state index is 0.0335. The third-order valence-corrected chi connectivity index (χ3v) is 7.58. The first-order valence-electron chi connectivity index (χ1n) is 14.6. The van der Waals surface area contributed by atoms with Gasteiger partial charge in [-0.1, -0.05) is 51.1 Å². The van der Waals surface area contributed by atoms with Gasteiger partial charge in [-0.3, -0.25) is 14.5 Å². The van der Waals surface area contributed by atoms with Crippen LogP contribution in [0.5, 0.6) is 0 Å². The highest BCUT2D eigenvalue weighted by molar-refractivity contribution is 6.02. The molecule has 0 aliphatic carbocycles. The maximum Gasteiger partial charge on any atom is 0.253 e. The first-order chi connectivity index (χ1) is 18.8. The molecule has 0 spiro atoms. The lowest BCUT2D eigenvalue weighted by Crippen LogP contribution is -2.38. The fraction of sp³-hybridized carbons (Fsp3) is 0.562. The molecular weight excluding hydrogens is 488 g/mol. The topological polar surface area (TPSA) is 73.9 Å². The van der Waals surface area contributed by atoms with Crippen LogP contribution in [0.4, 0.5) is 11.4 Å². The Labute approximate surface area is 234 Å². The van der Waals surface area contributed by atoms with E-state index in [9.17, 15) is 9.59 Å². The van der Waals surface area contributed by atoms with Crippen LogP contribution in [0.15, 0.2) is 48.5 Å². The third kappa shape index (κ3) is 9.36. The molecule has 2 aromatic carbocycles. The first-order valence-corrected chi connectivity index (χ1v) is 14.6. The van der Waals surface area contributed by atoms with Crippen molar-refractivity contribution in [2.75, 3.05) is 62.7 Å². The summed E-state index contributed by atoms with van der Waals surface area (Å²) in [7, 11) is 0. The molecule has 7 heteroatoms. The van der Waals surface area contributed by atoms with Crippen LogP contribution in [0, 0.1) is 11.3 Å². The SMILES string of the molecule is CC(C)(C)CC(=O)Nc1ccc(N2CCC(Cc3ccccc3)CC2)c(C(=O)NCCCN2CCOCC2)c1. The number of carbonyl (C=O) groups is 2. The van der Waals surface area contributed by atoms with Gasteiger partial charge in [-0.15, -0.1) is 0 Å². The van der Waals surface area contributed by atoms with E-state index in [1.807, 2.05) is 39.0 Å². The highest BCUT2D eigenvalue weighted by Crippen LogP contribution is 2.30. The van der Waals surface area contributed by atoms with Crippen molar-refractivity contribution in [2.45, 2.75) is 52.9 Å². The van der Waals surface area contributed by atoms with Crippen molar-refractivity contribution in [1.29, 1.82) is 0 Å². The standard InChI is InChI=1S/C32H46N4O3/c1-32(2,3)24-30(37)34-27-10-11-29(36-16-12-26(13-17-36)22-25-8-5-4-6-9-25)28(23-27)31(38)33-14-7-15-35-18-20-39-21-19-35/h4-6,8-11,23,26H,7,12-22,24H2,1-3H3,(H,33,38)(H,34,37). The number of carbonyl (C=O) groups excluding carboxylic acids is 2. The lowest BCUT2D eigenvalue weighted by molar-refractivity contribution is -0.117. The van der Waals surface area contributed by atoms with Crippen molar-refractivity contribution >= 4 is 23.2 Å². The number of benzene rings is 2. The van der Waals surface area contributed by atoms with Crippen LogP contribution >= 0.6 is 0 Å². The Kier molecular flexibility index (Phi) is 10.4. The number of nitrogens with zero attached hydrogens (tertiary/aromatic N) is 2. The van der Waals surface area contributed by atoms with Gasteiger partial charge in [0.05, 0.1) is 18.8 Å². The fourth-order valence-corrected chi connectivity index (χ4v) is 5.51. The number of amides is 2. The van der Waals surface area contributed by atoms with Gasteiger partial charge in [-0.2, -0.15) is 0 Å². The molecule has 2 saturated heterocycles. The van der Waals surface area contributed by atoms with E-state index >= 15 is 0 Å². The Balaban J connectivity index is 1.40. The van der Waals surface area contributed by atoms with Gasteiger partial charge in [0, 0.05) is 50.5 Å². The molecule has 0 bridgehead atoms. The Morgan fingerprint density at radius 3 is 2.38 bits per heavy atom. The van der Waals surface area contributed by atoms with Gasteiger partial charge in [0.25, 0.3) is 5.91 Å². The maximum atomic E-state index is 13.4. The highest BCUT2D eigenvalue weighted by Gasteiger charge is 2.24. The molecule has 7 nitrogen and oxygen atoms in total. The van der Waals surface area contributed by atoms with Gasteiger partial charge in [-0.25, -0.2) is 0 Å². The molecule has 4 rings (SSSR count). The maximum absolute atomic E-state index is 13.4. The summed E-state index contributed by atoms with van der Waals surface area (Å²) in [6, 6.07) is 16.5. The molecule has 39 heavy (non-hydrogen) atoms. The third-order valence-electron chi connectivity index (χ3n) is 7.58. The van der Waals surface area contributed by atoms with E-state index in [4.69, 9.17) is 4.74 Å². The number of ether oxygens (including phenoxy) is 1. The molecule has 2 heterocycles. The molecule has 0 aromatic heterocycles. The number of rotatable bonds is 10. The predicted molar refractivity (Wildman–Crippen MR) is 158 cm³/mol. The second-order valence-electron chi connectivity index (χ2n) is 12.2. The second-order valence-corrected chi connectivity index (χ2v) is 12.2. The van der Waals surface area contributed by atoms with Gasteiger partial charge in [-0.05, 0) is 67.3 Å². The van der Waals surface area contributed by atoms with Crippen molar-refractivity contribution in [3.63, 3.8) is 0 Å². The first kappa shape index (κ1) is 29.1. The average molecular weight is 535 g/mol. The van der Waals surface area contributed by atoms with Crippen LogP contribution in [0.1, 0.15) is 62.4 Å². The number of anilines is 2. The quantitative estimate of drug-likeness (QED) is 0.421. The Hall–Kier alpha value is -2.90. The zero-order valence-electron chi connectivity index (χ0n) is 24.0. The van der Waals surface area contributed by atoms with Gasteiger partial charge in [0.15, 0.2) is 0 Å². The van der Waals surface area contributed by atoms with Crippen LogP contribution in [0.3, 0.4) is 0 Å². The van der Waals surface area contributed by atoms with E-state index in [0.717, 1.165) is 77.3 Å². The minimum Gasteiger partial charge on any atom is -0.379 e. The molecule has 2 amide bonds. The number of hydrogen-bond donors (Lipinski definition) is 2. The molecule has 0 unspecified atom stereocenters. The summed E-state index contributed by atoms with van der Waals surface area (Å²) in [6.45, 7) is 13.0. The van der Waals surface area contributed by atoms with E-state index in [1.165, 1.54) is 5.56 Å². The van der Waals surface area contributed by atoms with Crippen LogP contribution in [-0.4, -0.2) is 69.2 Å². The highest BCUT2D eigenvalue weighted by atomic mass is 16.5. The average Bonchev–Trinajstić information content (AvgIpc) is 2.91. The van der Waals surface area contributed by atoms with Crippen LogP contribution in [0.25, 0.3) is 0 Å². The summed E-state index contributed by atoms with van der Waals surface area (Å²) < 4.78 is 5.43. The molecule has 212 valence electrons. The van der Waals surface area contributed by atoms with Crippen LogP contribution < -0.4 is 15.5 Å².